The molecule has 0 radical (unpaired) electrons. The average Bonchev–Trinajstić information content (AvgIpc) is 3.53. The van der Waals surface area contributed by atoms with Crippen LogP contribution in [0, 0.1) is 5.92 Å². The quantitative estimate of drug-likeness (QED) is 0.123. The van der Waals surface area contributed by atoms with Crippen LogP contribution < -0.4 is 20.8 Å². The van der Waals surface area contributed by atoms with E-state index in [0.29, 0.717) is 29.2 Å². The van der Waals surface area contributed by atoms with Gasteiger partial charge in [0.1, 0.15) is 0 Å². The Bertz CT molecular complexity index is 1820. The second-order valence-corrected chi connectivity index (χ2v) is 15.1. The van der Waals surface area contributed by atoms with Gasteiger partial charge in [-0.3, -0.25) is 20.0 Å². The van der Waals surface area contributed by atoms with Gasteiger partial charge in [0.05, 0.1) is 16.8 Å². The van der Waals surface area contributed by atoms with Crippen molar-refractivity contribution in [3.05, 3.63) is 127 Å². The van der Waals surface area contributed by atoms with E-state index >= 15 is 0 Å². The first-order valence-electron chi connectivity index (χ1n) is 15.1. The van der Waals surface area contributed by atoms with Gasteiger partial charge < -0.3 is 9.09 Å². The number of anilines is 1. The van der Waals surface area contributed by atoms with Gasteiger partial charge in [-0.15, -0.1) is 0 Å². The maximum absolute atomic E-state index is 13.3. The zero-order chi connectivity index (χ0) is 30.8. The molecule has 0 unspecified atom stereocenters. The number of carbonyl (C=O) groups excluding carboxylic acids is 2. The normalized spacial score (nSPS) is 13.7. The van der Waals surface area contributed by atoms with Gasteiger partial charge in [-0.1, -0.05) is 105 Å². The van der Waals surface area contributed by atoms with E-state index in [-0.39, 0.29) is 5.91 Å². The van der Waals surface area contributed by atoms with E-state index in [4.69, 9.17) is 4.53 Å². The van der Waals surface area contributed by atoms with Crippen LogP contribution in [0.4, 0.5) is 5.69 Å². The molecule has 6 nitrogen and oxygen atoms in total. The first kappa shape index (κ1) is 29.4. The number of nitrogens with one attached hydrogen (secondary N) is 1. The summed E-state index contributed by atoms with van der Waals surface area (Å²) in [6.07, 6.45) is 1.93. The van der Waals surface area contributed by atoms with Gasteiger partial charge in [-0.2, -0.15) is 0 Å². The summed E-state index contributed by atoms with van der Waals surface area (Å²) >= 11 is 0. The molecule has 0 saturated carbocycles. The lowest BCUT2D eigenvalue weighted by molar-refractivity contribution is -0.122. The van der Waals surface area contributed by atoms with Crippen LogP contribution in [0.1, 0.15) is 31.9 Å². The second kappa shape index (κ2) is 12.1. The molecule has 2 heterocycles. The van der Waals surface area contributed by atoms with Crippen LogP contribution in [0.3, 0.4) is 0 Å². The zero-order valence-electron chi connectivity index (χ0n) is 25.6. The van der Waals surface area contributed by atoms with Crippen molar-refractivity contribution >= 4 is 58.2 Å². The van der Waals surface area contributed by atoms with Crippen LogP contribution in [0.25, 0.3) is 22.0 Å². The molecule has 222 valence electrons. The Kier molecular flexibility index (Phi) is 8.08. The van der Waals surface area contributed by atoms with Crippen LogP contribution in [-0.4, -0.2) is 31.2 Å². The molecule has 0 saturated heterocycles. The summed E-state index contributed by atoms with van der Waals surface area (Å²) < 4.78 is 9.27. The monoisotopic (exact) mass is 599 g/mol. The minimum absolute atomic E-state index is 0.376. The predicted molar refractivity (Wildman–Crippen MR) is 181 cm³/mol. The molecule has 6 rings (SSSR count). The van der Waals surface area contributed by atoms with E-state index in [0.717, 1.165) is 28.2 Å². The fourth-order valence-electron chi connectivity index (χ4n) is 6.37. The number of hydrogen-bond acceptors (Lipinski definition) is 4. The van der Waals surface area contributed by atoms with E-state index < -0.39 is 14.2 Å². The van der Waals surface area contributed by atoms with E-state index in [2.05, 4.69) is 74.6 Å². The maximum atomic E-state index is 13.3. The number of fused-ring (bicyclic) bond motifs is 1. The number of aromatic nitrogens is 1. The molecule has 0 atom stereocenters. The highest BCUT2D eigenvalue weighted by molar-refractivity contribution is 6.97. The van der Waals surface area contributed by atoms with Crippen molar-refractivity contribution in [2.75, 3.05) is 11.6 Å². The summed E-state index contributed by atoms with van der Waals surface area (Å²) in [6.45, 7) is 7.15. The molecule has 1 aromatic heterocycles. The number of rotatable bonds is 10. The van der Waals surface area contributed by atoms with E-state index in [1.807, 2.05) is 83.5 Å². The van der Waals surface area contributed by atoms with Crippen molar-refractivity contribution in [1.29, 1.82) is 0 Å². The molecule has 0 bridgehead atoms. The highest BCUT2D eigenvalue weighted by Crippen LogP contribution is 2.37. The van der Waals surface area contributed by atoms with Crippen molar-refractivity contribution in [3.63, 3.8) is 0 Å². The zero-order valence-corrected chi connectivity index (χ0v) is 26.6. The lowest BCUT2D eigenvalue weighted by Gasteiger charge is -2.38. The highest BCUT2D eigenvalue weighted by Gasteiger charge is 2.43. The number of nitrogens with zero attached hydrogens (tertiary/aromatic N) is 2. The number of carbonyl (C=O) groups is 2. The van der Waals surface area contributed by atoms with Crippen LogP contribution in [-0.2, 0) is 21.2 Å². The minimum Gasteiger partial charge on any atom is -0.350 e. The minimum atomic E-state index is -2.77. The topological polar surface area (TPSA) is 63.6 Å². The van der Waals surface area contributed by atoms with Gasteiger partial charge >= 0.3 is 0 Å². The number of amides is 2. The standard InChI is InChI=1S/C37H37N3O3Si/c1-5-40(43-44(25-26(2)3,29-17-8-6-9-18-29)30-19-10-7-11-20-30)28-16-14-15-27(23-28)34-35(37(42)38-36(34)41)32-24-39(4)33-22-13-12-21-31(32)33/h6-24,26H,5,25H2,1-4H3,(H,38,41,42). The third-order valence-electron chi connectivity index (χ3n) is 8.25. The third kappa shape index (κ3) is 5.29. The van der Waals surface area contributed by atoms with E-state index in [9.17, 15) is 9.59 Å². The lowest BCUT2D eigenvalue weighted by atomic mass is 9.95. The molecule has 1 aliphatic rings. The van der Waals surface area contributed by atoms with Crippen LogP contribution in [0.5, 0.6) is 0 Å². The molecule has 5 aromatic rings. The fourth-order valence-corrected chi connectivity index (χ4v) is 10.7. The van der Waals surface area contributed by atoms with Crippen molar-refractivity contribution in [2.24, 2.45) is 13.0 Å². The predicted octanol–water partition coefficient (Wildman–Crippen LogP) is 5.92. The van der Waals surface area contributed by atoms with Gasteiger partial charge in [0.2, 0.25) is 0 Å². The molecule has 2 amide bonds. The first-order valence-corrected chi connectivity index (χ1v) is 17.3. The summed E-state index contributed by atoms with van der Waals surface area (Å²) in [5.74, 6) is -0.378. The Morgan fingerprint density at radius 2 is 1.41 bits per heavy atom. The van der Waals surface area contributed by atoms with Gasteiger partial charge in [-0.25, -0.2) is 0 Å². The Morgan fingerprint density at radius 3 is 2.05 bits per heavy atom. The summed E-state index contributed by atoms with van der Waals surface area (Å²) in [7, 11) is -0.818. The molecular formula is C37H37N3O3Si. The molecule has 7 heteroatoms. The van der Waals surface area contributed by atoms with Crippen molar-refractivity contribution in [1.82, 2.24) is 9.88 Å². The maximum Gasteiger partial charge on any atom is 0.291 e. The summed E-state index contributed by atoms with van der Waals surface area (Å²) in [5, 5.41) is 7.86. The lowest BCUT2D eigenvalue weighted by Crippen LogP contribution is -2.64. The van der Waals surface area contributed by atoms with Crippen molar-refractivity contribution in [2.45, 2.75) is 26.8 Å². The number of hydrogen-bond donors (Lipinski definition) is 1. The molecular weight excluding hydrogens is 563 g/mol. The summed E-state index contributed by atoms with van der Waals surface area (Å²) in [4.78, 5) is 26.6. The molecule has 44 heavy (non-hydrogen) atoms. The van der Waals surface area contributed by atoms with Crippen molar-refractivity contribution in [3.8, 4) is 0 Å². The SMILES string of the molecule is CCN(O[Si](CC(C)C)(c1ccccc1)c1ccccc1)c1cccc(C2=C(c3cn(C)c4ccccc34)C(=O)NC2=O)c1. The third-order valence-corrected chi connectivity index (χ3v) is 12.7. The number of benzene rings is 4. The van der Waals surface area contributed by atoms with Crippen molar-refractivity contribution < 1.29 is 14.1 Å². The Labute approximate surface area is 259 Å². The second-order valence-electron chi connectivity index (χ2n) is 11.7. The molecule has 4 aromatic carbocycles. The highest BCUT2D eigenvalue weighted by atomic mass is 28.4. The number of aryl methyl sites for hydroxylation is 1. The number of hydroxylamine groups is 1. The molecule has 1 N–H and O–H groups in total. The Hall–Kier alpha value is -4.72. The Balaban J connectivity index is 1.47. The van der Waals surface area contributed by atoms with Gasteiger partial charge in [0, 0.05) is 36.3 Å². The molecule has 1 aliphatic heterocycles. The number of para-hydroxylation sites is 1. The van der Waals surface area contributed by atoms with Crippen LogP contribution in [0.15, 0.2) is 115 Å². The molecule has 0 spiro atoms. The summed E-state index contributed by atoms with van der Waals surface area (Å²) in [6, 6.07) is 37.7. The molecule has 0 fully saturated rings. The van der Waals surface area contributed by atoms with Gasteiger partial charge in [-0.05, 0) is 53.0 Å². The van der Waals surface area contributed by atoms with Crippen LogP contribution >= 0.6 is 0 Å². The van der Waals surface area contributed by atoms with Gasteiger partial charge in [0.15, 0.2) is 0 Å². The largest absolute Gasteiger partial charge is 0.350 e. The van der Waals surface area contributed by atoms with E-state index in [1.54, 1.807) is 0 Å². The molecule has 0 aliphatic carbocycles. The van der Waals surface area contributed by atoms with Gasteiger partial charge in [0.25, 0.3) is 20.1 Å². The van der Waals surface area contributed by atoms with E-state index in [1.165, 1.54) is 10.4 Å². The fraction of sp³-hybridized carbons (Fsp3) is 0.189. The Morgan fingerprint density at radius 1 is 0.795 bits per heavy atom. The summed E-state index contributed by atoms with van der Waals surface area (Å²) in [5.41, 5.74) is 4.01. The first-order chi connectivity index (χ1) is 21.3. The average molecular weight is 600 g/mol. The number of imide groups is 1. The smallest absolute Gasteiger partial charge is 0.291 e. The van der Waals surface area contributed by atoms with Crippen LogP contribution in [0.2, 0.25) is 6.04 Å².